The van der Waals surface area contributed by atoms with Crippen molar-refractivity contribution in [3.63, 3.8) is 0 Å². The zero-order valence-electron chi connectivity index (χ0n) is 13.9. The molecule has 1 aliphatic heterocycles. The smallest absolute Gasteiger partial charge is 0.335 e. The van der Waals surface area contributed by atoms with Crippen LogP contribution in [0.15, 0.2) is 42.7 Å². The Hall–Kier alpha value is -3.29. The van der Waals surface area contributed by atoms with Crippen LogP contribution in [0.3, 0.4) is 0 Å². The number of aromatic nitrogens is 4. The van der Waals surface area contributed by atoms with Gasteiger partial charge in [-0.05, 0) is 36.6 Å². The normalized spacial score (nSPS) is 17.4. The van der Waals surface area contributed by atoms with Crippen LogP contribution < -0.4 is 0 Å². The lowest BCUT2D eigenvalue weighted by Crippen LogP contribution is -2.39. The highest BCUT2D eigenvalue weighted by molar-refractivity contribution is 5.91. The second-order valence-corrected chi connectivity index (χ2v) is 6.32. The highest BCUT2D eigenvalue weighted by Gasteiger charge is 2.28. The lowest BCUT2D eigenvalue weighted by molar-refractivity contribution is 0.0683. The standard InChI is InChI=1S/C18H17N5O3/c24-16(15-20-18-19-7-3-9-23(18)21-15)22-8-2-6-14(11-22)12-4-1-5-13(10-12)17(25)26/h1,3-5,7,9-10,14H,2,6,8,11H2,(H,25,26)/t14-/m1/s1. The fourth-order valence-electron chi connectivity index (χ4n) is 3.32. The summed E-state index contributed by atoms with van der Waals surface area (Å²) in [7, 11) is 0. The zero-order chi connectivity index (χ0) is 18.1. The van der Waals surface area contributed by atoms with Crippen molar-refractivity contribution >= 4 is 17.7 Å². The van der Waals surface area contributed by atoms with E-state index in [1.54, 1.807) is 41.6 Å². The number of likely N-dealkylation sites (tertiary alicyclic amines) is 1. The summed E-state index contributed by atoms with van der Waals surface area (Å²) in [6.07, 6.45) is 5.06. The zero-order valence-corrected chi connectivity index (χ0v) is 13.9. The molecule has 8 heteroatoms. The van der Waals surface area contributed by atoms with Gasteiger partial charge >= 0.3 is 5.97 Å². The third-order valence-corrected chi connectivity index (χ3v) is 4.62. The third-order valence-electron chi connectivity index (χ3n) is 4.62. The molecule has 2 aromatic heterocycles. The van der Waals surface area contributed by atoms with Gasteiger partial charge in [-0.25, -0.2) is 14.3 Å². The van der Waals surface area contributed by atoms with Crippen molar-refractivity contribution in [3.05, 3.63) is 59.7 Å². The Balaban J connectivity index is 1.55. The second kappa shape index (κ2) is 6.55. The van der Waals surface area contributed by atoms with Crippen molar-refractivity contribution < 1.29 is 14.7 Å². The first kappa shape index (κ1) is 16.2. The van der Waals surface area contributed by atoms with Crippen LogP contribution in [0.4, 0.5) is 0 Å². The molecule has 0 saturated carbocycles. The minimum absolute atomic E-state index is 0.0992. The average molecular weight is 351 g/mol. The van der Waals surface area contributed by atoms with Crippen LogP contribution in [0.25, 0.3) is 5.78 Å². The number of carbonyl (C=O) groups excluding carboxylic acids is 1. The number of hydrogen-bond acceptors (Lipinski definition) is 5. The molecule has 1 aromatic carbocycles. The first-order chi connectivity index (χ1) is 12.6. The van der Waals surface area contributed by atoms with Crippen LogP contribution in [0.2, 0.25) is 0 Å². The first-order valence-electron chi connectivity index (χ1n) is 8.42. The molecule has 3 heterocycles. The molecule has 1 N–H and O–H groups in total. The topological polar surface area (TPSA) is 101 Å². The summed E-state index contributed by atoms with van der Waals surface area (Å²) in [6.45, 7) is 1.15. The van der Waals surface area contributed by atoms with E-state index in [1.807, 2.05) is 6.07 Å². The van der Waals surface area contributed by atoms with Crippen LogP contribution in [-0.4, -0.2) is 54.6 Å². The van der Waals surface area contributed by atoms with Gasteiger partial charge in [0.25, 0.3) is 11.7 Å². The molecule has 132 valence electrons. The lowest BCUT2D eigenvalue weighted by atomic mass is 9.89. The Morgan fingerprint density at radius 3 is 2.92 bits per heavy atom. The Morgan fingerprint density at radius 2 is 2.12 bits per heavy atom. The summed E-state index contributed by atoms with van der Waals surface area (Å²) in [5, 5.41) is 13.4. The third kappa shape index (κ3) is 3.01. The predicted molar refractivity (Wildman–Crippen MR) is 92.1 cm³/mol. The van der Waals surface area contributed by atoms with Gasteiger partial charge in [0.1, 0.15) is 0 Å². The predicted octanol–water partition coefficient (Wildman–Crippen LogP) is 1.84. The SMILES string of the molecule is O=C(O)c1cccc([C@@H]2CCCN(C(=O)c3nc4ncccn4n3)C2)c1. The fourth-order valence-corrected chi connectivity index (χ4v) is 3.32. The van der Waals surface area contributed by atoms with Crippen molar-refractivity contribution in [2.75, 3.05) is 13.1 Å². The summed E-state index contributed by atoms with van der Waals surface area (Å²) in [6, 6.07) is 8.65. The van der Waals surface area contributed by atoms with Gasteiger partial charge in [0, 0.05) is 31.4 Å². The van der Waals surface area contributed by atoms with E-state index in [2.05, 4.69) is 15.1 Å². The van der Waals surface area contributed by atoms with Crippen LogP contribution in [-0.2, 0) is 0 Å². The summed E-state index contributed by atoms with van der Waals surface area (Å²) in [4.78, 5) is 34.0. The van der Waals surface area contributed by atoms with Crippen LogP contribution >= 0.6 is 0 Å². The van der Waals surface area contributed by atoms with Gasteiger partial charge in [-0.2, -0.15) is 4.98 Å². The monoisotopic (exact) mass is 351 g/mol. The molecule has 1 amide bonds. The largest absolute Gasteiger partial charge is 0.478 e. The van der Waals surface area contributed by atoms with E-state index in [1.165, 1.54) is 4.52 Å². The van der Waals surface area contributed by atoms with Crippen LogP contribution in [0, 0.1) is 0 Å². The summed E-state index contributed by atoms with van der Waals surface area (Å²) in [5.74, 6) is -0.559. The lowest BCUT2D eigenvalue weighted by Gasteiger charge is -2.32. The molecule has 0 bridgehead atoms. The van der Waals surface area contributed by atoms with Gasteiger partial charge in [0.2, 0.25) is 5.82 Å². The molecule has 26 heavy (non-hydrogen) atoms. The molecule has 0 aliphatic carbocycles. The van der Waals surface area contributed by atoms with Gasteiger partial charge in [-0.3, -0.25) is 4.79 Å². The van der Waals surface area contributed by atoms with Gasteiger partial charge < -0.3 is 10.0 Å². The number of piperidine rings is 1. The number of carboxylic acid groups (broad SMARTS) is 1. The Morgan fingerprint density at radius 1 is 1.23 bits per heavy atom. The van der Waals surface area contributed by atoms with Crippen molar-refractivity contribution in [3.8, 4) is 0 Å². The van der Waals surface area contributed by atoms with Crippen molar-refractivity contribution in [2.24, 2.45) is 0 Å². The number of nitrogens with zero attached hydrogens (tertiary/aromatic N) is 5. The Bertz CT molecular complexity index is 951. The number of benzene rings is 1. The molecule has 4 rings (SSSR count). The quantitative estimate of drug-likeness (QED) is 0.773. The van der Waals surface area contributed by atoms with Gasteiger partial charge in [0.15, 0.2) is 0 Å². The number of rotatable bonds is 3. The minimum atomic E-state index is -0.947. The van der Waals surface area contributed by atoms with Gasteiger partial charge in [-0.15, -0.1) is 5.10 Å². The van der Waals surface area contributed by atoms with Crippen molar-refractivity contribution in [1.82, 2.24) is 24.5 Å². The van der Waals surface area contributed by atoms with E-state index in [4.69, 9.17) is 0 Å². The molecule has 0 unspecified atom stereocenters. The summed E-state index contributed by atoms with van der Waals surface area (Å²) < 4.78 is 1.48. The molecule has 1 saturated heterocycles. The minimum Gasteiger partial charge on any atom is -0.478 e. The maximum atomic E-state index is 12.8. The molecular formula is C18H17N5O3. The molecule has 1 fully saturated rings. The van der Waals surface area contributed by atoms with E-state index in [0.29, 0.717) is 18.9 Å². The molecule has 8 nitrogen and oxygen atoms in total. The van der Waals surface area contributed by atoms with E-state index in [9.17, 15) is 14.7 Å². The maximum Gasteiger partial charge on any atom is 0.335 e. The molecule has 3 aromatic rings. The maximum absolute atomic E-state index is 12.8. The van der Waals surface area contributed by atoms with E-state index >= 15 is 0 Å². The molecule has 0 radical (unpaired) electrons. The van der Waals surface area contributed by atoms with E-state index in [0.717, 1.165) is 18.4 Å². The van der Waals surface area contributed by atoms with Crippen LogP contribution in [0.5, 0.6) is 0 Å². The van der Waals surface area contributed by atoms with E-state index in [-0.39, 0.29) is 23.2 Å². The second-order valence-electron chi connectivity index (χ2n) is 6.32. The number of amides is 1. The molecule has 1 aliphatic rings. The molecule has 0 spiro atoms. The number of aromatic carboxylic acids is 1. The first-order valence-corrected chi connectivity index (χ1v) is 8.42. The Labute approximate surface area is 149 Å². The fraction of sp³-hybridized carbons (Fsp3) is 0.278. The van der Waals surface area contributed by atoms with E-state index < -0.39 is 5.97 Å². The highest BCUT2D eigenvalue weighted by Crippen LogP contribution is 2.28. The Kier molecular flexibility index (Phi) is 4.08. The number of hydrogen-bond donors (Lipinski definition) is 1. The van der Waals surface area contributed by atoms with Crippen molar-refractivity contribution in [1.29, 1.82) is 0 Å². The average Bonchev–Trinajstić information content (AvgIpc) is 3.12. The molecule has 1 atom stereocenters. The molecular weight excluding hydrogens is 334 g/mol. The summed E-state index contributed by atoms with van der Waals surface area (Å²) in [5.41, 5.74) is 1.20. The number of carbonyl (C=O) groups is 2. The summed E-state index contributed by atoms with van der Waals surface area (Å²) >= 11 is 0. The van der Waals surface area contributed by atoms with Gasteiger partial charge in [0.05, 0.1) is 5.56 Å². The van der Waals surface area contributed by atoms with Crippen LogP contribution in [0.1, 0.15) is 45.3 Å². The van der Waals surface area contributed by atoms with Gasteiger partial charge in [-0.1, -0.05) is 12.1 Å². The highest BCUT2D eigenvalue weighted by atomic mass is 16.4. The van der Waals surface area contributed by atoms with Crippen molar-refractivity contribution in [2.45, 2.75) is 18.8 Å². The number of fused-ring (bicyclic) bond motifs is 1. The number of carboxylic acids is 1.